The number of nitrogens with two attached hydrogens (primary N) is 1. The maximum absolute atomic E-state index is 12.7. The quantitative estimate of drug-likeness (QED) is 0.666. The largest absolute Gasteiger partial charge is 0.396 e. The molecule has 0 aliphatic carbocycles. The maximum atomic E-state index is 12.7. The Labute approximate surface area is 64.6 Å². The van der Waals surface area contributed by atoms with Gasteiger partial charge in [-0.25, -0.2) is 4.39 Å². The first-order chi connectivity index (χ1) is 5.13. The Kier molecular flexibility index (Phi) is 1.89. The fourth-order valence-electron chi connectivity index (χ4n) is 0.785. The highest BCUT2D eigenvalue weighted by Gasteiger charge is 2.04. The molecule has 0 saturated heterocycles. The van der Waals surface area contributed by atoms with Crippen molar-refractivity contribution in [3.63, 3.8) is 0 Å². The molecule has 2 N–H and O–H groups in total. The number of rotatable bonds is 1. The summed E-state index contributed by atoms with van der Waals surface area (Å²) in [5.74, 6) is -0.495. The SMILES string of the molecule is C=C(C)c1cncc(F)c1N. The molecule has 3 heteroatoms. The number of hydrogen-bond donors (Lipinski definition) is 1. The zero-order valence-corrected chi connectivity index (χ0v) is 6.26. The van der Waals surface area contributed by atoms with Gasteiger partial charge in [-0.05, 0) is 12.5 Å². The number of allylic oxidation sites excluding steroid dienone is 1. The smallest absolute Gasteiger partial charge is 0.164 e. The van der Waals surface area contributed by atoms with Crippen molar-refractivity contribution >= 4 is 11.3 Å². The van der Waals surface area contributed by atoms with E-state index in [0.29, 0.717) is 5.56 Å². The van der Waals surface area contributed by atoms with Crippen molar-refractivity contribution in [1.82, 2.24) is 4.98 Å². The van der Waals surface area contributed by atoms with E-state index >= 15 is 0 Å². The molecule has 0 aliphatic heterocycles. The summed E-state index contributed by atoms with van der Waals surface area (Å²) in [6, 6.07) is 0. The molecular weight excluding hydrogens is 143 g/mol. The predicted octanol–water partition coefficient (Wildman–Crippen LogP) is 1.84. The Morgan fingerprint density at radius 3 is 2.73 bits per heavy atom. The summed E-state index contributed by atoms with van der Waals surface area (Å²) in [5.41, 5.74) is 6.82. The van der Waals surface area contributed by atoms with Gasteiger partial charge < -0.3 is 5.73 Å². The van der Waals surface area contributed by atoms with E-state index in [0.717, 1.165) is 11.8 Å². The third-order valence-corrected chi connectivity index (χ3v) is 1.40. The summed E-state index contributed by atoms with van der Waals surface area (Å²) in [7, 11) is 0. The Morgan fingerprint density at radius 2 is 2.27 bits per heavy atom. The molecule has 0 amide bonds. The molecule has 1 rings (SSSR count). The lowest BCUT2D eigenvalue weighted by molar-refractivity contribution is 0.625. The van der Waals surface area contributed by atoms with Crippen LogP contribution >= 0.6 is 0 Å². The molecule has 0 fully saturated rings. The molecule has 0 atom stereocenters. The van der Waals surface area contributed by atoms with Gasteiger partial charge in [0.1, 0.15) is 0 Å². The van der Waals surface area contributed by atoms with Crippen molar-refractivity contribution in [2.75, 3.05) is 5.73 Å². The van der Waals surface area contributed by atoms with Gasteiger partial charge in [0.15, 0.2) is 5.82 Å². The van der Waals surface area contributed by atoms with E-state index in [-0.39, 0.29) is 5.69 Å². The van der Waals surface area contributed by atoms with Gasteiger partial charge in [0.2, 0.25) is 0 Å². The first-order valence-corrected chi connectivity index (χ1v) is 3.17. The van der Waals surface area contributed by atoms with Crippen LogP contribution in [0.1, 0.15) is 12.5 Å². The van der Waals surface area contributed by atoms with Crippen LogP contribution in [-0.2, 0) is 0 Å². The highest BCUT2D eigenvalue weighted by Crippen LogP contribution is 2.20. The normalized spacial score (nSPS) is 9.64. The van der Waals surface area contributed by atoms with Crippen molar-refractivity contribution in [2.24, 2.45) is 0 Å². The lowest BCUT2D eigenvalue weighted by Gasteiger charge is -2.03. The second-order valence-electron chi connectivity index (χ2n) is 2.36. The van der Waals surface area contributed by atoms with Crippen LogP contribution in [0.3, 0.4) is 0 Å². The molecule has 1 aromatic heterocycles. The fraction of sp³-hybridized carbons (Fsp3) is 0.125. The first kappa shape index (κ1) is 7.72. The van der Waals surface area contributed by atoms with Crippen molar-refractivity contribution in [1.29, 1.82) is 0 Å². The second-order valence-corrected chi connectivity index (χ2v) is 2.36. The van der Waals surface area contributed by atoms with Crippen molar-refractivity contribution < 1.29 is 4.39 Å². The van der Waals surface area contributed by atoms with E-state index < -0.39 is 5.82 Å². The van der Waals surface area contributed by atoms with Gasteiger partial charge in [-0.2, -0.15) is 0 Å². The number of nitrogens with zero attached hydrogens (tertiary/aromatic N) is 1. The number of nitrogen functional groups attached to an aromatic ring is 1. The Morgan fingerprint density at radius 1 is 1.64 bits per heavy atom. The molecule has 0 aliphatic rings. The number of anilines is 1. The molecule has 1 aromatic rings. The minimum atomic E-state index is -0.495. The third kappa shape index (κ3) is 1.37. The summed E-state index contributed by atoms with van der Waals surface area (Å²) in [4.78, 5) is 3.65. The van der Waals surface area contributed by atoms with Crippen molar-refractivity contribution in [3.8, 4) is 0 Å². The summed E-state index contributed by atoms with van der Waals surface area (Å²) in [6.45, 7) is 5.40. The van der Waals surface area contributed by atoms with Gasteiger partial charge in [-0.3, -0.25) is 4.98 Å². The van der Waals surface area contributed by atoms with E-state index in [9.17, 15) is 4.39 Å². The Balaban J connectivity index is 3.27. The molecule has 0 unspecified atom stereocenters. The predicted molar refractivity (Wildman–Crippen MR) is 43.3 cm³/mol. The van der Waals surface area contributed by atoms with Gasteiger partial charge in [0, 0.05) is 11.8 Å². The number of halogens is 1. The zero-order valence-electron chi connectivity index (χ0n) is 6.26. The summed E-state index contributed by atoms with van der Waals surface area (Å²) < 4.78 is 12.7. The van der Waals surface area contributed by atoms with E-state index in [4.69, 9.17) is 5.73 Å². The minimum absolute atomic E-state index is 0.118. The van der Waals surface area contributed by atoms with Crippen LogP contribution in [0.4, 0.5) is 10.1 Å². The molecule has 1 heterocycles. The molecule has 11 heavy (non-hydrogen) atoms. The molecule has 0 aromatic carbocycles. The molecule has 0 radical (unpaired) electrons. The van der Waals surface area contributed by atoms with Crippen LogP contribution in [0.25, 0.3) is 5.57 Å². The molecular formula is C8H9FN2. The molecule has 2 nitrogen and oxygen atoms in total. The van der Waals surface area contributed by atoms with Crippen LogP contribution in [0.2, 0.25) is 0 Å². The molecule has 0 spiro atoms. The van der Waals surface area contributed by atoms with E-state index in [1.54, 1.807) is 6.92 Å². The highest BCUT2D eigenvalue weighted by atomic mass is 19.1. The van der Waals surface area contributed by atoms with Crippen LogP contribution in [0, 0.1) is 5.82 Å². The van der Waals surface area contributed by atoms with Crippen LogP contribution < -0.4 is 5.73 Å². The van der Waals surface area contributed by atoms with Crippen LogP contribution in [0.5, 0.6) is 0 Å². The monoisotopic (exact) mass is 152 g/mol. The van der Waals surface area contributed by atoms with Gasteiger partial charge in [-0.15, -0.1) is 0 Å². The maximum Gasteiger partial charge on any atom is 0.164 e. The number of aromatic nitrogens is 1. The number of hydrogen-bond acceptors (Lipinski definition) is 2. The summed E-state index contributed by atoms with van der Waals surface area (Å²) >= 11 is 0. The van der Waals surface area contributed by atoms with Crippen molar-refractivity contribution in [2.45, 2.75) is 6.92 Å². The average molecular weight is 152 g/mol. The second kappa shape index (κ2) is 2.70. The topological polar surface area (TPSA) is 38.9 Å². The van der Waals surface area contributed by atoms with E-state index in [1.165, 1.54) is 6.20 Å². The summed E-state index contributed by atoms with van der Waals surface area (Å²) in [5, 5.41) is 0. The van der Waals surface area contributed by atoms with Crippen molar-refractivity contribution in [3.05, 3.63) is 30.4 Å². The first-order valence-electron chi connectivity index (χ1n) is 3.17. The van der Waals surface area contributed by atoms with E-state index in [2.05, 4.69) is 11.6 Å². The Bertz CT molecular complexity index is 294. The highest BCUT2D eigenvalue weighted by molar-refractivity contribution is 5.71. The average Bonchev–Trinajstić information content (AvgIpc) is 1.94. The molecule has 58 valence electrons. The van der Waals surface area contributed by atoms with Crippen LogP contribution in [-0.4, -0.2) is 4.98 Å². The fourth-order valence-corrected chi connectivity index (χ4v) is 0.785. The van der Waals surface area contributed by atoms with Gasteiger partial charge in [0.25, 0.3) is 0 Å². The van der Waals surface area contributed by atoms with Gasteiger partial charge >= 0.3 is 0 Å². The molecule has 0 saturated carbocycles. The lowest BCUT2D eigenvalue weighted by atomic mass is 10.1. The lowest BCUT2D eigenvalue weighted by Crippen LogP contribution is -1.96. The number of pyridine rings is 1. The van der Waals surface area contributed by atoms with Gasteiger partial charge in [-0.1, -0.05) is 6.58 Å². The van der Waals surface area contributed by atoms with Crippen LogP contribution in [0.15, 0.2) is 19.0 Å². The standard InChI is InChI=1S/C8H9FN2/c1-5(2)6-3-11-4-7(9)8(6)10/h3-4H,1H2,2H3,(H2,10,11). The summed E-state index contributed by atoms with van der Waals surface area (Å²) in [6.07, 6.45) is 2.59. The minimum Gasteiger partial charge on any atom is -0.396 e. The van der Waals surface area contributed by atoms with E-state index in [1.807, 2.05) is 0 Å². The third-order valence-electron chi connectivity index (χ3n) is 1.40. The van der Waals surface area contributed by atoms with Gasteiger partial charge in [0.05, 0.1) is 11.9 Å². The molecule has 0 bridgehead atoms. The zero-order chi connectivity index (χ0) is 8.43. The Hall–Kier alpha value is -1.38.